The molecule has 1 aromatic heterocycles. The van der Waals surface area contributed by atoms with Crippen LogP contribution in [0.15, 0.2) is 53.1 Å². The predicted molar refractivity (Wildman–Crippen MR) is 140 cm³/mol. The van der Waals surface area contributed by atoms with Crippen molar-refractivity contribution in [1.82, 2.24) is 16.0 Å². The van der Waals surface area contributed by atoms with Crippen LogP contribution >= 0.6 is 0 Å². The summed E-state index contributed by atoms with van der Waals surface area (Å²) < 4.78 is 10.6. The smallest absolute Gasteiger partial charge is 0.408 e. The van der Waals surface area contributed by atoms with Crippen LogP contribution in [0.4, 0.5) is 4.79 Å². The van der Waals surface area contributed by atoms with Crippen molar-refractivity contribution in [3.05, 3.63) is 60.1 Å². The average molecular weight is 514 g/mol. The van der Waals surface area contributed by atoms with Crippen LogP contribution < -0.4 is 16.0 Å². The molecule has 0 aliphatic carbocycles. The highest BCUT2D eigenvalue weighted by Crippen LogP contribution is 2.14. The SMILES string of the molecule is CC(C)[C@H](NC(=O)[C@H](Cc1ccccc1)NC(=O)OC(C)(C)C)C(=O)N[C@H](C(=O)c1ccco1)C(C)C. The van der Waals surface area contributed by atoms with E-state index in [1.54, 1.807) is 46.8 Å². The quantitative estimate of drug-likeness (QED) is 0.392. The van der Waals surface area contributed by atoms with Crippen molar-refractivity contribution < 1.29 is 28.3 Å². The fraction of sp³-hybridized carbons (Fsp3) is 0.500. The average Bonchev–Trinajstić information content (AvgIpc) is 3.34. The first-order chi connectivity index (χ1) is 17.3. The van der Waals surface area contributed by atoms with E-state index < -0.39 is 41.6 Å². The number of furan rings is 1. The molecule has 1 heterocycles. The number of Topliss-reactive ketones (excluding diaryl/α,β-unsaturated/α-hetero) is 1. The first-order valence-electron chi connectivity index (χ1n) is 12.5. The number of carbonyl (C=O) groups is 4. The Bertz CT molecular complexity index is 1040. The van der Waals surface area contributed by atoms with E-state index >= 15 is 0 Å². The predicted octanol–water partition coefficient (Wildman–Crippen LogP) is 3.88. The molecular weight excluding hydrogens is 474 g/mol. The minimum absolute atomic E-state index is 0.147. The van der Waals surface area contributed by atoms with Gasteiger partial charge in [-0.3, -0.25) is 14.4 Å². The minimum Gasteiger partial charge on any atom is -0.461 e. The third-order valence-corrected chi connectivity index (χ3v) is 5.55. The number of ketones is 1. The van der Waals surface area contributed by atoms with E-state index in [9.17, 15) is 19.2 Å². The van der Waals surface area contributed by atoms with Crippen LogP contribution in [0.2, 0.25) is 0 Å². The van der Waals surface area contributed by atoms with Gasteiger partial charge in [0.15, 0.2) is 5.76 Å². The van der Waals surface area contributed by atoms with Crippen LogP contribution in [0.1, 0.15) is 64.6 Å². The molecule has 0 unspecified atom stereocenters. The van der Waals surface area contributed by atoms with Gasteiger partial charge in [-0.2, -0.15) is 0 Å². The molecular formula is C28H39N3O6. The van der Waals surface area contributed by atoms with Crippen LogP contribution in [0.3, 0.4) is 0 Å². The zero-order valence-corrected chi connectivity index (χ0v) is 22.7. The summed E-state index contributed by atoms with van der Waals surface area (Å²) in [5.74, 6) is -1.76. The monoisotopic (exact) mass is 513 g/mol. The largest absolute Gasteiger partial charge is 0.461 e. The van der Waals surface area contributed by atoms with Crippen molar-refractivity contribution in [1.29, 1.82) is 0 Å². The summed E-state index contributed by atoms with van der Waals surface area (Å²) in [6.45, 7) is 12.4. The maximum atomic E-state index is 13.4. The molecule has 9 heteroatoms. The molecule has 0 aliphatic rings. The number of carbonyl (C=O) groups excluding carboxylic acids is 4. The summed E-state index contributed by atoms with van der Waals surface area (Å²) in [7, 11) is 0. The van der Waals surface area contributed by atoms with Gasteiger partial charge in [-0.25, -0.2) is 4.79 Å². The van der Waals surface area contributed by atoms with E-state index in [4.69, 9.17) is 9.15 Å². The summed E-state index contributed by atoms with van der Waals surface area (Å²) in [6.07, 6.45) is 0.857. The Kier molecular flexibility index (Phi) is 10.5. The van der Waals surface area contributed by atoms with Crippen LogP contribution in [-0.4, -0.2) is 47.4 Å². The van der Waals surface area contributed by atoms with E-state index in [0.29, 0.717) is 0 Å². The highest BCUT2D eigenvalue weighted by Gasteiger charge is 2.34. The second-order valence-electron chi connectivity index (χ2n) is 10.7. The molecule has 2 rings (SSSR count). The molecule has 0 bridgehead atoms. The number of benzene rings is 1. The lowest BCUT2D eigenvalue weighted by atomic mass is 9.96. The first kappa shape index (κ1) is 29.6. The molecule has 3 N–H and O–H groups in total. The highest BCUT2D eigenvalue weighted by molar-refractivity contribution is 6.01. The van der Waals surface area contributed by atoms with E-state index in [1.165, 1.54) is 6.26 Å². The van der Waals surface area contributed by atoms with Gasteiger partial charge in [-0.1, -0.05) is 58.0 Å². The van der Waals surface area contributed by atoms with Crippen molar-refractivity contribution in [2.45, 2.75) is 78.6 Å². The fourth-order valence-corrected chi connectivity index (χ4v) is 3.65. The van der Waals surface area contributed by atoms with Crippen molar-refractivity contribution in [3.63, 3.8) is 0 Å². The maximum absolute atomic E-state index is 13.4. The number of hydrogen-bond acceptors (Lipinski definition) is 6. The van der Waals surface area contributed by atoms with Crippen molar-refractivity contribution in [3.8, 4) is 0 Å². The lowest BCUT2D eigenvalue weighted by molar-refractivity contribution is -0.131. The molecule has 3 atom stereocenters. The van der Waals surface area contributed by atoms with Gasteiger partial charge in [0, 0.05) is 6.42 Å². The number of rotatable bonds is 11. The van der Waals surface area contributed by atoms with Gasteiger partial charge < -0.3 is 25.1 Å². The maximum Gasteiger partial charge on any atom is 0.408 e. The van der Waals surface area contributed by atoms with E-state index in [1.807, 2.05) is 44.2 Å². The van der Waals surface area contributed by atoms with Gasteiger partial charge in [0.05, 0.1) is 12.3 Å². The number of amides is 3. The second kappa shape index (κ2) is 13.1. The Hall–Kier alpha value is -3.62. The second-order valence-corrected chi connectivity index (χ2v) is 10.7. The van der Waals surface area contributed by atoms with Crippen LogP contribution in [0.5, 0.6) is 0 Å². The molecule has 0 fully saturated rings. The molecule has 0 radical (unpaired) electrons. The Balaban J connectivity index is 2.20. The standard InChI is InChI=1S/C28H39N3O6/c1-17(2)22(24(32)21-14-11-15-36-21)30-26(34)23(18(3)4)31-25(33)20(16-19-12-9-8-10-13-19)29-27(35)37-28(5,6)7/h8-15,17-18,20,22-23H,16H2,1-7H3,(H,29,35)(H,30,34)(H,31,33)/t20-,22-,23-/m0/s1. The Morgan fingerprint density at radius 2 is 1.41 bits per heavy atom. The topological polar surface area (TPSA) is 127 Å². The Morgan fingerprint density at radius 1 is 0.811 bits per heavy atom. The molecule has 0 spiro atoms. The zero-order chi connectivity index (χ0) is 27.8. The third-order valence-electron chi connectivity index (χ3n) is 5.55. The van der Waals surface area contributed by atoms with Gasteiger partial charge in [-0.05, 0) is 50.3 Å². The van der Waals surface area contributed by atoms with Crippen molar-refractivity contribution in [2.24, 2.45) is 11.8 Å². The minimum atomic E-state index is -0.989. The summed E-state index contributed by atoms with van der Waals surface area (Å²) in [6, 6.07) is 9.60. The molecule has 9 nitrogen and oxygen atoms in total. The van der Waals surface area contributed by atoms with Gasteiger partial charge in [-0.15, -0.1) is 0 Å². The molecule has 0 saturated carbocycles. The van der Waals surface area contributed by atoms with Gasteiger partial charge >= 0.3 is 6.09 Å². The Morgan fingerprint density at radius 3 is 1.92 bits per heavy atom. The number of ether oxygens (including phenoxy) is 1. The van der Waals surface area contributed by atoms with Crippen LogP contribution in [0.25, 0.3) is 0 Å². The highest BCUT2D eigenvalue weighted by atomic mass is 16.6. The van der Waals surface area contributed by atoms with Crippen LogP contribution in [-0.2, 0) is 20.7 Å². The summed E-state index contributed by atoms with van der Waals surface area (Å²) >= 11 is 0. The zero-order valence-electron chi connectivity index (χ0n) is 22.7. The van der Waals surface area contributed by atoms with E-state index in [-0.39, 0.29) is 29.8 Å². The lowest BCUT2D eigenvalue weighted by Crippen LogP contribution is -2.58. The molecule has 3 amide bonds. The Labute approximate surface area is 218 Å². The number of alkyl carbamates (subject to hydrolysis) is 1. The van der Waals surface area contributed by atoms with Gasteiger partial charge in [0.25, 0.3) is 0 Å². The molecule has 0 aliphatic heterocycles. The van der Waals surface area contributed by atoms with Gasteiger partial charge in [0.1, 0.15) is 17.7 Å². The lowest BCUT2D eigenvalue weighted by Gasteiger charge is -2.28. The molecule has 1 aromatic carbocycles. The van der Waals surface area contributed by atoms with Crippen molar-refractivity contribution >= 4 is 23.7 Å². The third kappa shape index (κ3) is 9.40. The first-order valence-corrected chi connectivity index (χ1v) is 12.5. The fourth-order valence-electron chi connectivity index (χ4n) is 3.65. The molecule has 202 valence electrons. The van der Waals surface area contributed by atoms with E-state index in [2.05, 4.69) is 16.0 Å². The molecule has 2 aromatic rings. The normalized spacial score (nSPS) is 14.0. The van der Waals surface area contributed by atoms with Gasteiger partial charge in [0.2, 0.25) is 17.6 Å². The number of nitrogens with one attached hydrogen (secondary N) is 3. The molecule has 37 heavy (non-hydrogen) atoms. The summed E-state index contributed by atoms with van der Waals surface area (Å²) in [5.41, 5.74) is 0.0816. The molecule has 0 saturated heterocycles. The summed E-state index contributed by atoms with van der Waals surface area (Å²) in [4.78, 5) is 52.0. The van der Waals surface area contributed by atoms with Crippen molar-refractivity contribution in [2.75, 3.05) is 0 Å². The summed E-state index contributed by atoms with van der Waals surface area (Å²) in [5, 5.41) is 8.17. The number of hydrogen-bond donors (Lipinski definition) is 3. The van der Waals surface area contributed by atoms with E-state index in [0.717, 1.165) is 5.56 Å². The van der Waals surface area contributed by atoms with Crippen LogP contribution in [0, 0.1) is 11.8 Å².